The zero-order valence-electron chi connectivity index (χ0n) is 13.9. The van der Waals surface area contributed by atoms with Crippen molar-refractivity contribution >= 4 is 11.7 Å². The fraction of sp³-hybridized carbons (Fsp3) is 0.278. The fourth-order valence-corrected chi connectivity index (χ4v) is 2.49. The summed E-state index contributed by atoms with van der Waals surface area (Å²) >= 11 is 0. The highest BCUT2D eigenvalue weighted by Gasteiger charge is 2.27. The molecular formula is C18H17NO6. The topological polar surface area (TPSA) is 87.9 Å². The number of esters is 1. The van der Waals surface area contributed by atoms with Crippen molar-refractivity contribution < 1.29 is 23.9 Å². The minimum Gasteiger partial charge on any atom is -0.486 e. The fourth-order valence-electron chi connectivity index (χ4n) is 2.49. The van der Waals surface area contributed by atoms with Gasteiger partial charge in [0.2, 0.25) is 0 Å². The van der Waals surface area contributed by atoms with Crippen molar-refractivity contribution in [3.05, 3.63) is 57.6 Å². The number of hydrogen-bond acceptors (Lipinski definition) is 6. The average Bonchev–Trinajstić information content (AvgIpc) is 2.60. The lowest BCUT2D eigenvalue weighted by atomic mass is 10.0. The van der Waals surface area contributed by atoms with Gasteiger partial charge < -0.3 is 14.2 Å². The first-order valence-corrected chi connectivity index (χ1v) is 7.86. The summed E-state index contributed by atoms with van der Waals surface area (Å²) < 4.78 is 16.1. The third-order valence-electron chi connectivity index (χ3n) is 3.81. The molecule has 2 aromatic carbocycles. The number of hydrogen-bond donors (Lipinski definition) is 0. The molecule has 0 atom stereocenters. The van der Waals surface area contributed by atoms with Gasteiger partial charge in [-0.05, 0) is 23.6 Å². The van der Waals surface area contributed by atoms with Gasteiger partial charge in [0.1, 0.15) is 24.5 Å². The molecule has 0 saturated carbocycles. The van der Waals surface area contributed by atoms with E-state index in [1.165, 1.54) is 12.1 Å². The molecule has 1 aliphatic rings. The van der Waals surface area contributed by atoms with Crippen LogP contribution in [0, 0.1) is 10.1 Å². The minimum absolute atomic E-state index is 0.177. The van der Waals surface area contributed by atoms with Gasteiger partial charge in [-0.2, -0.15) is 0 Å². The van der Waals surface area contributed by atoms with Gasteiger partial charge >= 0.3 is 5.97 Å². The van der Waals surface area contributed by atoms with E-state index in [0.29, 0.717) is 24.7 Å². The zero-order valence-corrected chi connectivity index (χ0v) is 13.9. The van der Waals surface area contributed by atoms with Crippen LogP contribution in [0.4, 0.5) is 5.69 Å². The van der Waals surface area contributed by atoms with E-state index in [1.807, 2.05) is 19.9 Å². The standard InChI is InChI=1S/C18H17NO6/c1-11(2)12-4-3-5-13(8-12)25-18(20)14-9-16-17(24-7-6-23-16)10-15(14)19(21)22/h3-5,8-11H,6-7H2,1-2H3. The average molecular weight is 343 g/mol. The molecule has 0 N–H and O–H groups in total. The van der Waals surface area contributed by atoms with Crippen LogP contribution in [0.2, 0.25) is 0 Å². The van der Waals surface area contributed by atoms with Crippen LogP contribution in [0.3, 0.4) is 0 Å². The van der Waals surface area contributed by atoms with Crippen molar-refractivity contribution in [2.45, 2.75) is 19.8 Å². The van der Waals surface area contributed by atoms with Crippen molar-refractivity contribution in [2.75, 3.05) is 13.2 Å². The number of nitro benzene ring substituents is 1. The van der Waals surface area contributed by atoms with Gasteiger partial charge in [-0.1, -0.05) is 26.0 Å². The molecular weight excluding hydrogens is 326 g/mol. The summed E-state index contributed by atoms with van der Waals surface area (Å²) in [4.78, 5) is 23.2. The highest BCUT2D eigenvalue weighted by atomic mass is 16.6. The van der Waals surface area contributed by atoms with E-state index in [4.69, 9.17) is 14.2 Å². The molecule has 130 valence electrons. The molecule has 0 aromatic heterocycles. The molecule has 7 heteroatoms. The summed E-state index contributed by atoms with van der Waals surface area (Å²) in [7, 11) is 0. The van der Waals surface area contributed by atoms with Crippen molar-refractivity contribution in [3.8, 4) is 17.2 Å². The van der Waals surface area contributed by atoms with Gasteiger partial charge in [-0.25, -0.2) is 4.79 Å². The van der Waals surface area contributed by atoms with Gasteiger partial charge in [-0.3, -0.25) is 10.1 Å². The number of ether oxygens (including phenoxy) is 3. The van der Waals surface area contributed by atoms with Crippen LogP contribution in [-0.4, -0.2) is 24.1 Å². The molecule has 0 unspecified atom stereocenters. The maximum Gasteiger partial charge on any atom is 0.350 e. The summed E-state index contributed by atoms with van der Waals surface area (Å²) in [6, 6.07) is 9.56. The van der Waals surface area contributed by atoms with Crippen LogP contribution < -0.4 is 14.2 Å². The van der Waals surface area contributed by atoms with E-state index in [0.717, 1.165) is 5.56 Å². The van der Waals surface area contributed by atoms with Gasteiger partial charge in [0, 0.05) is 6.07 Å². The third-order valence-corrected chi connectivity index (χ3v) is 3.81. The predicted molar refractivity (Wildman–Crippen MR) is 89.6 cm³/mol. The Kier molecular flexibility index (Phi) is 4.56. The van der Waals surface area contributed by atoms with Crippen molar-refractivity contribution in [2.24, 2.45) is 0 Å². The number of benzene rings is 2. The summed E-state index contributed by atoms with van der Waals surface area (Å²) in [6.07, 6.45) is 0. The predicted octanol–water partition coefficient (Wildman–Crippen LogP) is 3.71. The lowest BCUT2D eigenvalue weighted by Gasteiger charge is -2.18. The largest absolute Gasteiger partial charge is 0.486 e. The van der Waals surface area contributed by atoms with E-state index >= 15 is 0 Å². The van der Waals surface area contributed by atoms with E-state index < -0.39 is 10.9 Å². The van der Waals surface area contributed by atoms with Crippen molar-refractivity contribution in [3.63, 3.8) is 0 Å². The number of carbonyl (C=O) groups excluding carboxylic acids is 1. The van der Waals surface area contributed by atoms with Gasteiger partial charge in [0.25, 0.3) is 5.69 Å². The first kappa shape index (κ1) is 16.8. The van der Waals surface area contributed by atoms with Crippen LogP contribution in [-0.2, 0) is 0 Å². The second kappa shape index (κ2) is 6.80. The molecule has 7 nitrogen and oxygen atoms in total. The Morgan fingerprint density at radius 3 is 2.48 bits per heavy atom. The molecule has 3 rings (SSSR count). The Balaban J connectivity index is 1.93. The molecule has 25 heavy (non-hydrogen) atoms. The Hall–Kier alpha value is -3.09. The lowest BCUT2D eigenvalue weighted by Crippen LogP contribution is -2.18. The van der Waals surface area contributed by atoms with Crippen LogP contribution >= 0.6 is 0 Å². The molecule has 0 amide bonds. The summed E-state index contributed by atoms with van der Waals surface area (Å²) in [5.74, 6) is 0.322. The molecule has 0 saturated heterocycles. The normalized spacial score (nSPS) is 12.8. The van der Waals surface area contributed by atoms with E-state index in [-0.39, 0.29) is 22.9 Å². The molecule has 0 bridgehead atoms. The molecule has 1 aliphatic heterocycles. The molecule has 2 aromatic rings. The van der Waals surface area contributed by atoms with Gasteiger partial charge in [-0.15, -0.1) is 0 Å². The van der Waals surface area contributed by atoms with Crippen LogP contribution in [0.25, 0.3) is 0 Å². The first-order valence-electron chi connectivity index (χ1n) is 7.86. The summed E-state index contributed by atoms with van der Waals surface area (Å²) in [6.45, 7) is 4.66. The first-order chi connectivity index (χ1) is 12.0. The summed E-state index contributed by atoms with van der Waals surface area (Å²) in [5, 5.41) is 11.3. The Morgan fingerprint density at radius 1 is 1.16 bits per heavy atom. The molecule has 1 heterocycles. The van der Waals surface area contributed by atoms with Crippen LogP contribution in [0.1, 0.15) is 35.7 Å². The highest BCUT2D eigenvalue weighted by molar-refractivity contribution is 5.96. The molecule has 0 aliphatic carbocycles. The number of carbonyl (C=O) groups is 1. The highest BCUT2D eigenvalue weighted by Crippen LogP contribution is 2.37. The Morgan fingerprint density at radius 2 is 1.84 bits per heavy atom. The lowest BCUT2D eigenvalue weighted by molar-refractivity contribution is -0.385. The second-order valence-electron chi connectivity index (χ2n) is 5.89. The van der Waals surface area contributed by atoms with E-state index in [2.05, 4.69) is 0 Å². The zero-order chi connectivity index (χ0) is 18.0. The van der Waals surface area contributed by atoms with E-state index in [9.17, 15) is 14.9 Å². The van der Waals surface area contributed by atoms with Gasteiger partial charge in [0.05, 0.1) is 11.0 Å². The van der Waals surface area contributed by atoms with E-state index in [1.54, 1.807) is 18.2 Å². The Labute approximate surface area is 144 Å². The minimum atomic E-state index is -0.815. The number of nitrogens with zero attached hydrogens (tertiary/aromatic N) is 1. The number of fused-ring (bicyclic) bond motifs is 1. The van der Waals surface area contributed by atoms with Crippen LogP contribution in [0.15, 0.2) is 36.4 Å². The molecule has 0 radical (unpaired) electrons. The monoisotopic (exact) mass is 343 g/mol. The number of nitro groups is 1. The van der Waals surface area contributed by atoms with Crippen molar-refractivity contribution in [1.82, 2.24) is 0 Å². The molecule has 0 spiro atoms. The third kappa shape index (κ3) is 3.55. The Bertz CT molecular complexity index is 830. The molecule has 0 fully saturated rings. The number of rotatable bonds is 4. The summed E-state index contributed by atoms with van der Waals surface area (Å²) in [5.41, 5.74) is 0.445. The smallest absolute Gasteiger partial charge is 0.350 e. The SMILES string of the molecule is CC(C)c1cccc(OC(=O)c2cc3c(cc2[N+](=O)[O-])OCCO3)c1. The van der Waals surface area contributed by atoms with Crippen molar-refractivity contribution in [1.29, 1.82) is 0 Å². The second-order valence-corrected chi connectivity index (χ2v) is 5.89. The quantitative estimate of drug-likeness (QED) is 0.364. The van der Waals surface area contributed by atoms with Crippen LogP contribution in [0.5, 0.6) is 17.2 Å². The van der Waals surface area contributed by atoms with Gasteiger partial charge in [0.15, 0.2) is 11.5 Å². The maximum absolute atomic E-state index is 12.5. The maximum atomic E-state index is 12.5.